The third-order valence-corrected chi connectivity index (χ3v) is 5.11. The summed E-state index contributed by atoms with van der Waals surface area (Å²) in [5.41, 5.74) is 2.81. The fourth-order valence-electron chi connectivity index (χ4n) is 3.63. The Kier molecular flexibility index (Phi) is 4.98. The van der Waals surface area contributed by atoms with Crippen molar-refractivity contribution in [3.05, 3.63) is 71.0 Å². The van der Waals surface area contributed by atoms with E-state index >= 15 is 0 Å². The van der Waals surface area contributed by atoms with Gasteiger partial charge in [-0.15, -0.1) is 0 Å². The lowest BCUT2D eigenvalue weighted by Gasteiger charge is -2.36. The van der Waals surface area contributed by atoms with E-state index in [9.17, 15) is 9.18 Å². The molecule has 2 aromatic rings. The average Bonchev–Trinajstić information content (AvgIpc) is 2.62. The van der Waals surface area contributed by atoms with Crippen LogP contribution in [-0.2, 0) is 16.8 Å². The van der Waals surface area contributed by atoms with Crippen LogP contribution in [0.5, 0.6) is 0 Å². The first-order valence-electron chi connectivity index (χ1n) is 8.70. The van der Waals surface area contributed by atoms with Crippen LogP contribution < -0.4 is 5.32 Å². The van der Waals surface area contributed by atoms with Gasteiger partial charge >= 0.3 is 0 Å². The van der Waals surface area contributed by atoms with E-state index in [4.69, 9.17) is 0 Å². The summed E-state index contributed by atoms with van der Waals surface area (Å²) >= 11 is 0. The first-order chi connectivity index (χ1) is 11.6. The quantitative estimate of drug-likeness (QED) is 0.871. The van der Waals surface area contributed by atoms with Crippen LogP contribution in [0.3, 0.4) is 0 Å². The summed E-state index contributed by atoms with van der Waals surface area (Å²) in [5.74, 6) is -0.163. The number of halogens is 1. The number of carbonyl (C=O) groups excluding carboxylic acids is 1. The fraction of sp³-hybridized carbons (Fsp3) is 0.381. The van der Waals surface area contributed by atoms with Gasteiger partial charge in [-0.2, -0.15) is 0 Å². The Morgan fingerprint density at radius 2 is 1.62 bits per heavy atom. The molecule has 0 radical (unpaired) electrons. The van der Waals surface area contributed by atoms with E-state index in [2.05, 4.69) is 36.5 Å². The second-order valence-electron chi connectivity index (χ2n) is 6.82. The summed E-state index contributed by atoms with van der Waals surface area (Å²) in [4.78, 5) is 13.1. The maximum atomic E-state index is 13.1. The van der Waals surface area contributed by atoms with Crippen molar-refractivity contribution in [3.8, 4) is 0 Å². The van der Waals surface area contributed by atoms with Crippen molar-refractivity contribution < 1.29 is 9.18 Å². The summed E-state index contributed by atoms with van der Waals surface area (Å²) in [7, 11) is 0. The van der Waals surface area contributed by atoms with Gasteiger partial charge in [0.15, 0.2) is 0 Å². The van der Waals surface area contributed by atoms with Gasteiger partial charge in [0, 0.05) is 6.54 Å². The third-order valence-electron chi connectivity index (χ3n) is 5.11. The van der Waals surface area contributed by atoms with Crippen LogP contribution in [0.2, 0.25) is 0 Å². The molecule has 2 nitrogen and oxygen atoms in total. The Balaban J connectivity index is 1.78. The summed E-state index contributed by atoms with van der Waals surface area (Å²) < 4.78 is 13.0. The fourth-order valence-corrected chi connectivity index (χ4v) is 3.63. The number of hydrogen-bond donors (Lipinski definition) is 1. The highest BCUT2D eigenvalue weighted by Gasteiger charge is 2.40. The lowest BCUT2D eigenvalue weighted by atomic mass is 9.68. The largest absolute Gasteiger partial charge is 0.351 e. The van der Waals surface area contributed by atoms with Crippen molar-refractivity contribution >= 4 is 5.91 Å². The number of amides is 1. The molecule has 0 aliphatic heterocycles. The van der Waals surface area contributed by atoms with E-state index in [0.717, 1.165) is 36.8 Å². The molecule has 1 aliphatic carbocycles. The average molecular weight is 325 g/mol. The van der Waals surface area contributed by atoms with E-state index in [1.54, 1.807) is 12.1 Å². The van der Waals surface area contributed by atoms with Crippen LogP contribution in [0, 0.1) is 12.7 Å². The highest BCUT2D eigenvalue weighted by molar-refractivity contribution is 5.88. The molecule has 3 heteroatoms. The van der Waals surface area contributed by atoms with Crippen molar-refractivity contribution in [2.75, 3.05) is 0 Å². The smallest absolute Gasteiger partial charge is 0.230 e. The van der Waals surface area contributed by atoms with Crippen LogP contribution >= 0.6 is 0 Å². The first kappa shape index (κ1) is 16.7. The molecule has 0 spiro atoms. The number of carbonyl (C=O) groups is 1. The lowest BCUT2D eigenvalue weighted by molar-refractivity contribution is -0.128. The van der Waals surface area contributed by atoms with Crippen molar-refractivity contribution in [2.24, 2.45) is 0 Å². The molecule has 0 saturated heterocycles. The van der Waals surface area contributed by atoms with Gasteiger partial charge in [-0.25, -0.2) is 4.39 Å². The summed E-state index contributed by atoms with van der Waals surface area (Å²) in [6, 6.07) is 14.6. The minimum Gasteiger partial charge on any atom is -0.351 e. The maximum Gasteiger partial charge on any atom is 0.230 e. The molecule has 1 N–H and O–H groups in total. The van der Waals surface area contributed by atoms with Gasteiger partial charge in [-0.3, -0.25) is 4.79 Å². The molecule has 0 aromatic heterocycles. The third kappa shape index (κ3) is 3.50. The standard InChI is InChI=1S/C21H24FNO/c1-16-5-9-18(10-6-16)21(13-3-2-4-14-21)20(24)23-15-17-7-11-19(22)12-8-17/h5-12H,2-4,13-15H2,1H3,(H,23,24). The zero-order valence-corrected chi connectivity index (χ0v) is 14.1. The number of aryl methyl sites for hydroxylation is 1. The van der Waals surface area contributed by atoms with E-state index < -0.39 is 5.41 Å². The SMILES string of the molecule is Cc1ccc(C2(C(=O)NCc3ccc(F)cc3)CCCCC2)cc1. The topological polar surface area (TPSA) is 29.1 Å². The summed E-state index contributed by atoms with van der Waals surface area (Å²) in [5, 5.41) is 3.08. The Bertz CT molecular complexity index is 685. The van der Waals surface area contributed by atoms with E-state index in [-0.39, 0.29) is 11.7 Å². The van der Waals surface area contributed by atoms with Crippen molar-refractivity contribution in [1.29, 1.82) is 0 Å². The molecule has 0 unspecified atom stereocenters. The zero-order chi connectivity index (χ0) is 17.0. The monoisotopic (exact) mass is 325 g/mol. The molecule has 0 heterocycles. The van der Waals surface area contributed by atoms with Gasteiger partial charge < -0.3 is 5.32 Å². The molecule has 1 amide bonds. The molecule has 0 bridgehead atoms. The van der Waals surface area contributed by atoms with E-state index in [0.29, 0.717) is 6.54 Å². The molecule has 0 atom stereocenters. The Labute approximate surface area is 143 Å². The van der Waals surface area contributed by atoms with E-state index in [1.807, 2.05) is 0 Å². The number of rotatable bonds is 4. The normalized spacial score (nSPS) is 16.6. The van der Waals surface area contributed by atoms with Gasteiger partial charge in [-0.1, -0.05) is 61.2 Å². The van der Waals surface area contributed by atoms with Crippen LogP contribution in [0.1, 0.15) is 48.8 Å². The number of nitrogens with one attached hydrogen (secondary N) is 1. The molecule has 1 fully saturated rings. The minimum atomic E-state index is -0.425. The molecule has 3 rings (SSSR count). The second kappa shape index (κ2) is 7.16. The van der Waals surface area contributed by atoms with Gasteiger partial charge in [0.05, 0.1) is 5.41 Å². The first-order valence-corrected chi connectivity index (χ1v) is 8.70. The second-order valence-corrected chi connectivity index (χ2v) is 6.82. The Morgan fingerprint density at radius 3 is 2.25 bits per heavy atom. The molecular weight excluding hydrogens is 301 g/mol. The predicted molar refractivity (Wildman–Crippen MR) is 94.2 cm³/mol. The molecule has 126 valence electrons. The van der Waals surface area contributed by atoms with Crippen LogP contribution in [0.25, 0.3) is 0 Å². The molecule has 24 heavy (non-hydrogen) atoms. The van der Waals surface area contributed by atoms with Crippen molar-refractivity contribution in [3.63, 3.8) is 0 Å². The number of benzene rings is 2. The van der Waals surface area contributed by atoms with Gasteiger partial charge in [0.1, 0.15) is 5.82 Å². The maximum absolute atomic E-state index is 13.1. The van der Waals surface area contributed by atoms with E-state index in [1.165, 1.54) is 24.1 Å². The van der Waals surface area contributed by atoms with Crippen LogP contribution in [-0.4, -0.2) is 5.91 Å². The summed E-state index contributed by atoms with van der Waals surface area (Å²) in [6.07, 6.45) is 5.14. The van der Waals surface area contributed by atoms with Crippen molar-refractivity contribution in [1.82, 2.24) is 5.32 Å². The molecule has 1 saturated carbocycles. The molecule has 1 aliphatic rings. The lowest BCUT2D eigenvalue weighted by Crippen LogP contribution is -2.45. The molecule has 2 aromatic carbocycles. The van der Waals surface area contributed by atoms with Gasteiger partial charge in [0.25, 0.3) is 0 Å². The van der Waals surface area contributed by atoms with Crippen LogP contribution in [0.4, 0.5) is 4.39 Å². The molecular formula is C21H24FNO. The Morgan fingerprint density at radius 1 is 1.00 bits per heavy atom. The van der Waals surface area contributed by atoms with Crippen molar-refractivity contribution in [2.45, 2.75) is 51.0 Å². The Hall–Kier alpha value is -2.16. The van der Waals surface area contributed by atoms with Crippen LogP contribution in [0.15, 0.2) is 48.5 Å². The highest BCUT2D eigenvalue weighted by Crippen LogP contribution is 2.39. The highest BCUT2D eigenvalue weighted by atomic mass is 19.1. The van der Waals surface area contributed by atoms with Gasteiger partial charge in [-0.05, 0) is 43.0 Å². The summed E-state index contributed by atoms with van der Waals surface area (Å²) in [6.45, 7) is 2.50. The number of hydrogen-bond acceptors (Lipinski definition) is 1. The minimum absolute atomic E-state index is 0.0929. The predicted octanol–water partition coefficient (Wildman–Crippen LogP) is 4.65. The van der Waals surface area contributed by atoms with Gasteiger partial charge in [0.2, 0.25) is 5.91 Å². The zero-order valence-electron chi connectivity index (χ0n) is 14.1.